The first-order chi connectivity index (χ1) is 7.35. The van der Waals surface area contributed by atoms with Crippen molar-refractivity contribution in [3.05, 3.63) is 23.0 Å². The van der Waals surface area contributed by atoms with Gasteiger partial charge in [0, 0.05) is 5.92 Å². The lowest BCUT2D eigenvalue weighted by Crippen LogP contribution is -2.56. The Labute approximate surface area is 94.2 Å². The molecule has 2 aliphatic rings. The summed E-state index contributed by atoms with van der Waals surface area (Å²) in [6.45, 7) is 5.14. The van der Waals surface area contributed by atoms with Crippen molar-refractivity contribution < 1.29 is 19.7 Å². The first-order valence-electron chi connectivity index (χ1n) is 5.33. The van der Waals surface area contributed by atoms with Gasteiger partial charge < -0.3 is 14.9 Å². The van der Waals surface area contributed by atoms with Crippen LogP contribution in [0.3, 0.4) is 0 Å². The predicted molar refractivity (Wildman–Crippen MR) is 57.5 cm³/mol. The molecule has 2 rings (SSSR count). The highest BCUT2D eigenvalue weighted by Gasteiger charge is 2.49. The second-order valence-electron chi connectivity index (χ2n) is 4.67. The summed E-state index contributed by atoms with van der Waals surface area (Å²) in [4.78, 5) is 11.9. The molecule has 1 aliphatic carbocycles. The van der Waals surface area contributed by atoms with Gasteiger partial charge in [-0.15, -0.1) is 0 Å². The van der Waals surface area contributed by atoms with Gasteiger partial charge in [-0.2, -0.15) is 0 Å². The molecule has 4 heteroatoms. The summed E-state index contributed by atoms with van der Waals surface area (Å²) in [6, 6.07) is 0. The predicted octanol–water partition coefficient (Wildman–Crippen LogP) is 0.548. The second kappa shape index (κ2) is 3.43. The number of ether oxygens (including phenoxy) is 1. The molecule has 4 nitrogen and oxygen atoms in total. The molecule has 16 heavy (non-hydrogen) atoms. The van der Waals surface area contributed by atoms with E-state index in [4.69, 9.17) is 4.74 Å². The van der Waals surface area contributed by atoms with E-state index in [0.29, 0.717) is 12.2 Å². The number of aliphatic hydroxyl groups is 2. The molecule has 1 aliphatic heterocycles. The number of carbonyl (C=O) groups is 1. The minimum absolute atomic E-state index is 0.305. The molecule has 1 heterocycles. The maximum Gasteiger partial charge on any atom is 0.192 e. The second-order valence-corrected chi connectivity index (χ2v) is 4.67. The minimum Gasteiger partial charge on any atom is -0.497 e. The maximum absolute atomic E-state index is 11.9. The monoisotopic (exact) mass is 224 g/mol. The van der Waals surface area contributed by atoms with Crippen LogP contribution in [0.1, 0.15) is 20.8 Å². The van der Waals surface area contributed by atoms with Crippen molar-refractivity contribution in [2.75, 3.05) is 6.61 Å². The molecule has 0 saturated carbocycles. The largest absolute Gasteiger partial charge is 0.497 e. The number of ketones is 1. The first-order valence-corrected chi connectivity index (χ1v) is 5.33. The minimum atomic E-state index is -1.71. The van der Waals surface area contributed by atoms with Crippen LogP contribution in [0, 0.1) is 5.92 Å². The van der Waals surface area contributed by atoms with Crippen LogP contribution in [0.15, 0.2) is 23.0 Å². The van der Waals surface area contributed by atoms with Crippen LogP contribution in [0.25, 0.3) is 0 Å². The van der Waals surface area contributed by atoms with Crippen molar-refractivity contribution in [1.82, 2.24) is 0 Å². The van der Waals surface area contributed by atoms with E-state index in [1.165, 1.54) is 6.92 Å². The Kier molecular flexibility index (Phi) is 2.44. The molecule has 0 spiro atoms. The third-order valence-electron chi connectivity index (χ3n) is 3.44. The average molecular weight is 224 g/mol. The zero-order chi connectivity index (χ0) is 12.1. The Bertz CT molecular complexity index is 403. The Morgan fingerprint density at radius 3 is 2.75 bits per heavy atom. The standard InChI is InChI=1S/C12H16O4/c1-6-4-8-7(2)10(13)12(3,15)11(14)9(8)5-16-6/h4,9,11,14-15H,5H2,1-3H3/t9-,11+,12-/m0/s1. The van der Waals surface area contributed by atoms with Crippen LogP contribution in [-0.2, 0) is 9.53 Å². The van der Waals surface area contributed by atoms with Gasteiger partial charge in [0.2, 0.25) is 0 Å². The van der Waals surface area contributed by atoms with Gasteiger partial charge >= 0.3 is 0 Å². The SMILES string of the molecule is CC1=CC2=C(C)C(=O)[C@](C)(O)[C@H](O)[C@H]2CO1. The van der Waals surface area contributed by atoms with E-state index in [-0.39, 0.29) is 5.92 Å². The van der Waals surface area contributed by atoms with Crippen molar-refractivity contribution in [2.24, 2.45) is 5.92 Å². The van der Waals surface area contributed by atoms with Gasteiger partial charge in [0.15, 0.2) is 11.4 Å². The van der Waals surface area contributed by atoms with E-state index < -0.39 is 17.5 Å². The molecule has 3 atom stereocenters. The van der Waals surface area contributed by atoms with Crippen molar-refractivity contribution in [3.8, 4) is 0 Å². The van der Waals surface area contributed by atoms with Gasteiger partial charge in [0.05, 0.1) is 12.4 Å². The molecular formula is C12H16O4. The fourth-order valence-electron chi connectivity index (χ4n) is 2.36. The Balaban J connectivity index is 2.56. The van der Waals surface area contributed by atoms with E-state index in [1.54, 1.807) is 19.9 Å². The zero-order valence-electron chi connectivity index (χ0n) is 9.65. The Hall–Kier alpha value is -1.13. The summed E-state index contributed by atoms with van der Waals surface area (Å²) in [5, 5.41) is 20.0. The van der Waals surface area contributed by atoms with Crippen LogP contribution in [0.5, 0.6) is 0 Å². The van der Waals surface area contributed by atoms with Gasteiger partial charge in [-0.1, -0.05) is 0 Å². The maximum atomic E-state index is 11.9. The number of rotatable bonds is 0. The number of allylic oxidation sites excluding steroid dienone is 2. The highest BCUT2D eigenvalue weighted by Crippen LogP contribution is 2.38. The van der Waals surface area contributed by atoms with Crippen LogP contribution in [0.4, 0.5) is 0 Å². The lowest BCUT2D eigenvalue weighted by molar-refractivity contribution is -0.151. The topological polar surface area (TPSA) is 66.8 Å². The molecule has 0 bridgehead atoms. The molecule has 0 aromatic rings. The zero-order valence-corrected chi connectivity index (χ0v) is 9.65. The van der Waals surface area contributed by atoms with Crippen LogP contribution in [0.2, 0.25) is 0 Å². The van der Waals surface area contributed by atoms with Crippen molar-refractivity contribution >= 4 is 5.78 Å². The summed E-state index contributed by atoms with van der Waals surface area (Å²) in [5.41, 5.74) is -0.406. The molecule has 0 amide bonds. The molecule has 0 aromatic carbocycles. The number of hydrogen-bond donors (Lipinski definition) is 2. The summed E-state index contributed by atoms with van der Waals surface area (Å²) in [6.07, 6.45) is 0.655. The van der Waals surface area contributed by atoms with Gasteiger partial charge in [0.25, 0.3) is 0 Å². The van der Waals surface area contributed by atoms with Crippen molar-refractivity contribution in [2.45, 2.75) is 32.5 Å². The molecule has 2 N–H and O–H groups in total. The summed E-state index contributed by atoms with van der Waals surface area (Å²) < 4.78 is 5.34. The van der Waals surface area contributed by atoms with Crippen LogP contribution < -0.4 is 0 Å². The Morgan fingerprint density at radius 1 is 1.50 bits per heavy atom. The highest BCUT2D eigenvalue weighted by atomic mass is 16.5. The fourth-order valence-corrected chi connectivity index (χ4v) is 2.36. The molecule has 88 valence electrons. The lowest BCUT2D eigenvalue weighted by atomic mass is 9.71. The number of carbonyl (C=O) groups excluding carboxylic acids is 1. The molecule has 0 unspecified atom stereocenters. The third kappa shape index (κ3) is 1.41. The number of fused-ring (bicyclic) bond motifs is 1. The van der Waals surface area contributed by atoms with Gasteiger partial charge in [-0.25, -0.2) is 0 Å². The first kappa shape index (κ1) is 11.4. The summed E-state index contributed by atoms with van der Waals surface area (Å²) >= 11 is 0. The molecule has 0 saturated heterocycles. The molecular weight excluding hydrogens is 208 g/mol. The summed E-state index contributed by atoms with van der Waals surface area (Å²) in [7, 11) is 0. The molecule has 0 radical (unpaired) electrons. The van der Waals surface area contributed by atoms with Crippen LogP contribution in [-0.4, -0.2) is 34.3 Å². The molecule has 0 aromatic heterocycles. The number of aliphatic hydroxyl groups excluding tert-OH is 1. The van der Waals surface area contributed by atoms with E-state index in [1.807, 2.05) is 0 Å². The highest BCUT2D eigenvalue weighted by molar-refractivity contribution is 6.03. The average Bonchev–Trinajstić information content (AvgIpc) is 2.24. The van der Waals surface area contributed by atoms with E-state index in [9.17, 15) is 15.0 Å². The van der Waals surface area contributed by atoms with E-state index >= 15 is 0 Å². The van der Waals surface area contributed by atoms with E-state index in [2.05, 4.69) is 0 Å². The van der Waals surface area contributed by atoms with Crippen LogP contribution >= 0.6 is 0 Å². The lowest BCUT2D eigenvalue weighted by Gasteiger charge is -2.41. The van der Waals surface area contributed by atoms with Gasteiger partial charge in [-0.3, -0.25) is 4.79 Å². The quantitative estimate of drug-likeness (QED) is 0.630. The third-order valence-corrected chi connectivity index (χ3v) is 3.44. The number of hydrogen-bond acceptors (Lipinski definition) is 4. The van der Waals surface area contributed by atoms with Crippen molar-refractivity contribution in [3.63, 3.8) is 0 Å². The summed E-state index contributed by atoms with van der Waals surface area (Å²) in [5.74, 6) is 0.000688. The van der Waals surface area contributed by atoms with Crippen molar-refractivity contribution in [1.29, 1.82) is 0 Å². The molecule has 0 fully saturated rings. The normalized spacial score (nSPS) is 39.1. The number of Topliss-reactive ketones (excluding diaryl/α,β-unsaturated/α-hetero) is 1. The van der Waals surface area contributed by atoms with E-state index in [0.717, 1.165) is 11.3 Å². The smallest absolute Gasteiger partial charge is 0.192 e. The Morgan fingerprint density at radius 2 is 2.12 bits per heavy atom. The van der Waals surface area contributed by atoms with Gasteiger partial charge in [0.1, 0.15) is 6.10 Å². The fraction of sp³-hybridized carbons (Fsp3) is 0.583. The van der Waals surface area contributed by atoms with Gasteiger partial charge in [-0.05, 0) is 38.0 Å².